The van der Waals surface area contributed by atoms with Gasteiger partial charge in [-0.3, -0.25) is 0 Å². The van der Waals surface area contributed by atoms with Crippen LogP contribution in [0.15, 0.2) is 12.1 Å². The van der Waals surface area contributed by atoms with Gasteiger partial charge < -0.3 is 18.9 Å². The van der Waals surface area contributed by atoms with Crippen LogP contribution in [0.3, 0.4) is 0 Å². The molecule has 20 heavy (non-hydrogen) atoms. The van der Waals surface area contributed by atoms with Crippen LogP contribution < -0.4 is 9.47 Å². The zero-order valence-electron chi connectivity index (χ0n) is 12.0. The molecule has 0 amide bonds. The van der Waals surface area contributed by atoms with Crippen LogP contribution in [0.4, 0.5) is 4.39 Å². The Kier molecular flexibility index (Phi) is 5.61. The third-order valence-electron chi connectivity index (χ3n) is 2.86. The molecule has 1 saturated heterocycles. The minimum absolute atomic E-state index is 0.359. The van der Waals surface area contributed by atoms with Crippen LogP contribution in [0.25, 0.3) is 0 Å². The zero-order chi connectivity index (χ0) is 14.4. The lowest BCUT2D eigenvalue weighted by Crippen LogP contribution is -2.06. The summed E-state index contributed by atoms with van der Waals surface area (Å²) in [7, 11) is 0. The lowest BCUT2D eigenvalue weighted by atomic mass is 10.1. The van der Waals surface area contributed by atoms with Crippen LogP contribution in [0.1, 0.15) is 38.5 Å². The van der Waals surface area contributed by atoms with Crippen LogP contribution in [0.2, 0.25) is 0 Å². The summed E-state index contributed by atoms with van der Waals surface area (Å²) in [6.45, 7) is 6.04. The summed E-state index contributed by atoms with van der Waals surface area (Å²) in [6.07, 6.45) is 1.07. The largest absolute Gasteiger partial charge is 0.490 e. The van der Waals surface area contributed by atoms with Crippen molar-refractivity contribution in [1.82, 2.24) is 0 Å². The summed E-state index contributed by atoms with van der Waals surface area (Å²) >= 11 is 0. The maximum atomic E-state index is 14.1. The maximum Gasteiger partial charge on any atom is 0.186 e. The van der Waals surface area contributed by atoms with Crippen LogP contribution in [-0.4, -0.2) is 26.4 Å². The van der Waals surface area contributed by atoms with E-state index < -0.39 is 12.1 Å². The van der Waals surface area contributed by atoms with Crippen molar-refractivity contribution in [1.29, 1.82) is 0 Å². The summed E-state index contributed by atoms with van der Waals surface area (Å²) in [6, 6.07) is 2.97. The molecule has 5 heteroatoms. The number of halogens is 1. The molecule has 0 aliphatic carbocycles. The minimum atomic E-state index is -0.654. The first kappa shape index (κ1) is 15.1. The van der Waals surface area contributed by atoms with E-state index >= 15 is 0 Å². The molecule has 0 N–H and O–H groups in total. The topological polar surface area (TPSA) is 36.9 Å². The molecule has 0 bridgehead atoms. The van der Waals surface area contributed by atoms with E-state index in [9.17, 15) is 4.39 Å². The molecule has 4 nitrogen and oxygen atoms in total. The fourth-order valence-corrected chi connectivity index (χ4v) is 1.92. The Morgan fingerprint density at radius 3 is 2.15 bits per heavy atom. The predicted octanol–water partition coefficient (Wildman–Crippen LogP) is 3.45. The van der Waals surface area contributed by atoms with Crippen LogP contribution in [0, 0.1) is 5.82 Å². The van der Waals surface area contributed by atoms with Crippen molar-refractivity contribution in [3.63, 3.8) is 0 Å². The standard InChI is InChI=1S/C15H21FO4/c1-3-5-17-13-9-11(15-19-7-8-20-15)12(16)10-14(13)18-6-4-2/h9-10,15H,3-8H2,1-2H3. The fraction of sp³-hybridized carbons (Fsp3) is 0.600. The summed E-state index contributed by atoms with van der Waals surface area (Å²) in [5.41, 5.74) is 0.359. The van der Waals surface area contributed by atoms with E-state index in [1.54, 1.807) is 6.07 Å². The average molecular weight is 284 g/mol. The molecule has 1 fully saturated rings. The molecule has 1 aromatic carbocycles. The van der Waals surface area contributed by atoms with Crippen molar-refractivity contribution in [3.8, 4) is 11.5 Å². The first-order valence-corrected chi connectivity index (χ1v) is 7.08. The smallest absolute Gasteiger partial charge is 0.186 e. The Morgan fingerprint density at radius 2 is 1.60 bits per heavy atom. The van der Waals surface area contributed by atoms with Gasteiger partial charge in [0.05, 0.1) is 26.4 Å². The summed E-state index contributed by atoms with van der Waals surface area (Å²) < 4.78 is 36.0. The van der Waals surface area contributed by atoms with Crippen molar-refractivity contribution >= 4 is 0 Å². The molecule has 0 aromatic heterocycles. The molecule has 1 aliphatic rings. The highest BCUT2D eigenvalue weighted by molar-refractivity contribution is 5.44. The van der Waals surface area contributed by atoms with Gasteiger partial charge in [0, 0.05) is 11.6 Å². The molecule has 0 saturated carbocycles. The molecule has 0 atom stereocenters. The van der Waals surface area contributed by atoms with Crippen molar-refractivity contribution in [3.05, 3.63) is 23.5 Å². The number of rotatable bonds is 7. The van der Waals surface area contributed by atoms with E-state index in [0.29, 0.717) is 43.5 Å². The van der Waals surface area contributed by atoms with E-state index in [4.69, 9.17) is 18.9 Å². The molecular weight excluding hydrogens is 263 g/mol. The first-order valence-electron chi connectivity index (χ1n) is 7.08. The molecular formula is C15H21FO4. The lowest BCUT2D eigenvalue weighted by Gasteiger charge is -2.16. The molecule has 2 rings (SSSR count). The van der Waals surface area contributed by atoms with Crippen LogP contribution >= 0.6 is 0 Å². The monoisotopic (exact) mass is 284 g/mol. The van der Waals surface area contributed by atoms with Gasteiger partial charge in [0.1, 0.15) is 5.82 Å². The molecule has 112 valence electrons. The normalized spacial score (nSPS) is 15.6. The van der Waals surface area contributed by atoms with E-state index in [2.05, 4.69) is 0 Å². The van der Waals surface area contributed by atoms with Crippen LogP contribution in [-0.2, 0) is 9.47 Å². The van der Waals surface area contributed by atoms with Gasteiger partial charge in [-0.1, -0.05) is 13.8 Å². The Balaban J connectivity index is 2.24. The third kappa shape index (κ3) is 3.61. The lowest BCUT2D eigenvalue weighted by molar-refractivity contribution is -0.0466. The summed E-state index contributed by atoms with van der Waals surface area (Å²) in [5, 5.41) is 0. The minimum Gasteiger partial charge on any atom is -0.490 e. The van der Waals surface area contributed by atoms with E-state index in [1.165, 1.54) is 6.07 Å². The second kappa shape index (κ2) is 7.45. The summed E-state index contributed by atoms with van der Waals surface area (Å²) in [4.78, 5) is 0. The van der Waals surface area contributed by atoms with Crippen LogP contribution in [0.5, 0.6) is 11.5 Å². The SMILES string of the molecule is CCCOc1cc(F)c(C2OCCO2)cc1OCCC. The Labute approximate surface area is 118 Å². The second-order valence-corrected chi connectivity index (χ2v) is 4.59. The zero-order valence-corrected chi connectivity index (χ0v) is 12.0. The van der Waals surface area contributed by atoms with Gasteiger partial charge in [0.2, 0.25) is 0 Å². The highest BCUT2D eigenvalue weighted by Gasteiger charge is 2.24. The predicted molar refractivity (Wildman–Crippen MR) is 72.6 cm³/mol. The number of hydrogen-bond acceptors (Lipinski definition) is 4. The Morgan fingerprint density at radius 1 is 1.05 bits per heavy atom. The highest BCUT2D eigenvalue weighted by Crippen LogP contribution is 2.35. The fourth-order valence-electron chi connectivity index (χ4n) is 1.92. The van der Waals surface area contributed by atoms with Gasteiger partial charge in [0.25, 0.3) is 0 Å². The summed E-state index contributed by atoms with van der Waals surface area (Å²) in [5.74, 6) is 0.571. The van der Waals surface area contributed by atoms with E-state index in [1.807, 2.05) is 13.8 Å². The van der Waals surface area contributed by atoms with Gasteiger partial charge in [0.15, 0.2) is 17.8 Å². The number of hydrogen-bond donors (Lipinski definition) is 0. The van der Waals surface area contributed by atoms with Crippen molar-refractivity contribution in [2.45, 2.75) is 33.0 Å². The molecule has 1 aliphatic heterocycles. The van der Waals surface area contributed by atoms with Crippen molar-refractivity contribution in [2.75, 3.05) is 26.4 Å². The van der Waals surface area contributed by atoms with Gasteiger partial charge >= 0.3 is 0 Å². The average Bonchev–Trinajstić information content (AvgIpc) is 2.97. The molecule has 1 aromatic rings. The highest BCUT2D eigenvalue weighted by atomic mass is 19.1. The third-order valence-corrected chi connectivity index (χ3v) is 2.86. The van der Waals surface area contributed by atoms with Gasteiger partial charge in [-0.25, -0.2) is 4.39 Å². The number of benzene rings is 1. The molecule has 0 spiro atoms. The Hall–Kier alpha value is -1.33. The maximum absolute atomic E-state index is 14.1. The second-order valence-electron chi connectivity index (χ2n) is 4.59. The van der Waals surface area contributed by atoms with E-state index in [0.717, 1.165) is 12.8 Å². The quantitative estimate of drug-likeness (QED) is 0.768. The van der Waals surface area contributed by atoms with Gasteiger partial charge in [-0.15, -0.1) is 0 Å². The van der Waals surface area contributed by atoms with Crippen molar-refractivity contribution in [2.24, 2.45) is 0 Å². The van der Waals surface area contributed by atoms with Crippen molar-refractivity contribution < 1.29 is 23.3 Å². The number of ether oxygens (including phenoxy) is 4. The van der Waals surface area contributed by atoms with E-state index in [-0.39, 0.29) is 0 Å². The molecule has 0 radical (unpaired) electrons. The Bertz CT molecular complexity index is 430. The molecule has 1 heterocycles. The van der Waals surface area contributed by atoms with Gasteiger partial charge in [-0.2, -0.15) is 0 Å². The first-order chi connectivity index (χ1) is 9.76. The molecule has 0 unspecified atom stereocenters. The van der Waals surface area contributed by atoms with Gasteiger partial charge in [-0.05, 0) is 18.9 Å².